The molecular weight excluding hydrogens is 164 g/mol. The van der Waals surface area contributed by atoms with Gasteiger partial charge in [0, 0.05) is 13.6 Å². The predicted octanol–water partition coefficient (Wildman–Crippen LogP) is 0.853. The molecule has 0 aliphatic carbocycles. The normalized spacial score (nSPS) is 23.8. The first-order valence-corrected chi connectivity index (χ1v) is 5.10. The zero-order chi connectivity index (χ0) is 9.84. The van der Waals surface area contributed by atoms with Gasteiger partial charge in [0.1, 0.15) is 0 Å². The van der Waals surface area contributed by atoms with Gasteiger partial charge in [-0.25, -0.2) is 0 Å². The van der Waals surface area contributed by atoms with Crippen molar-refractivity contribution in [2.45, 2.75) is 32.7 Å². The van der Waals surface area contributed by atoms with Crippen molar-refractivity contribution < 1.29 is 4.79 Å². The number of hydrogen-bond acceptors (Lipinski definition) is 2. The highest BCUT2D eigenvalue weighted by atomic mass is 16.2. The summed E-state index contributed by atoms with van der Waals surface area (Å²) in [6.45, 7) is 6.51. The van der Waals surface area contributed by atoms with Gasteiger partial charge in [0.15, 0.2) is 0 Å². The molecule has 1 N–H and O–H groups in total. The van der Waals surface area contributed by atoms with E-state index in [1.54, 1.807) is 7.05 Å². The lowest BCUT2D eigenvalue weighted by molar-refractivity contribution is -0.125. The molecule has 0 spiro atoms. The van der Waals surface area contributed by atoms with Gasteiger partial charge in [0.05, 0.1) is 6.04 Å². The Labute approximate surface area is 80.5 Å². The van der Waals surface area contributed by atoms with Gasteiger partial charge < -0.3 is 5.32 Å². The summed E-state index contributed by atoms with van der Waals surface area (Å²) < 4.78 is 0. The fraction of sp³-hybridized carbons (Fsp3) is 0.900. The zero-order valence-corrected chi connectivity index (χ0v) is 8.84. The highest BCUT2D eigenvalue weighted by Crippen LogP contribution is 2.18. The van der Waals surface area contributed by atoms with E-state index in [1.165, 1.54) is 0 Å². The van der Waals surface area contributed by atoms with Crippen LogP contribution < -0.4 is 5.32 Å². The molecule has 1 aliphatic rings. The van der Waals surface area contributed by atoms with Gasteiger partial charge in [-0.2, -0.15) is 0 Å². The summed E-state index contributed by atoms with van der Waals surface area (Å²) in [6.07, 6.45) is 2.18. The molecule has 0 aromatic carbocycles. The monoisotopic (exact) mass is 184 g/mol. The van der Waals surface area contributed by atoms with Crippen LogP contribution >= 0.6 is 0 Å². The second kappa shape index (κ2) is 4.61. The van der Waals surface area contributed by atoms with E-state index in [-0.39, 0.29) is 11.9 Å². The van der Waals surface area contributed by atoms with Crippen molar-refractivity contribution in [3.05, 3.63) is 0 Å². The Bertz CT molecular complexity index is 180. The standard InChI is InChI=1S/C10H20N2O/c1-8(2)7-12-6-4-5-9(12)10(13)11-3/h8-9H,4-7H2,1-3H3,(H,11,13)/t9-/m0/s1. The average molecular weight is 184 g/mol. The molecule has 1 rings (SSSR count). The molecule has 0 radical (unpaired) electrons. The molecule has 0 aromatic heterocycles. The van der Waals surface area contributed by atoms with Gasteiger partial charge >= 0.3 is 0 Å². The molecule has 76 valence electrons. The minimum atomic E-state index is 0.132. The van der Waals surface area contributed by atoms with E-state index in [9.17, 15) is 4.79 Å². The highest BCUT2D eigenvalue weighted by molar-refractivity contribution is 5.81. The second-order valence-electron chi connectivity index (χ2n) is 4.16. The third kappa shape index (κ3) is 2.69. The van der Waals surface area contributed by atoms with Crippen molar-refractivity contribution in [1.82, 2.24) is 10.2 Å². The Morgan fingerprint density at radius 2 is 2.31 bits per heavy atom. The first-order chi connectivity index (χ1) is 6.15. The third-order valence-corrected chi connectivity index (χ3v) is 2.51. The van der Waals surface area contributed by atoms with Gasteiger partial charge in [0.25, 0.3) is 0 Å². The van der Waals surface area contributed by atoms with Crippen LogP contribution in [-0.4, -0.2) is 37.0 Å². The Balaban J connectivity index is 2.48. The number of amides is 1. The molecule has 1 heterocycles. The zero-order valence-electron chi connectivity index (χ0n) is 8.84. The molecule has 0 saturated carbocycles. The Morgan fingerprint density at radius 3 is 2.85 bits per heavy atom. The van der Waals surface area contributed by atoms with E-state index >= 15 is 0 Å². The molecule has 3 heteroatoms. The fourth-order valence-electron chi connectivity index (χ4n) is 1.98. The maximum atomic E-state index is 11.5. The Hall–Kier alpha value is -0.570. The van der Waals surface area contributed by atoms with E-state index in [2.05, 4.69) is 24.1 Å². The number of rotatable bonds is 3. The molecule has 1 saturated heterocycles. The Morgan fingerprint density at radius 1 is 1.62 bits per heavy atom. The number of nitrogens with zero attached hydrogens (tertiary/aromatic N) is 1. The maximum absolute atomic E-state index is 11.5. The number of likely N-dealkylation sites (N-methyl/N-ethyl adjacent to an activating group) is 1. The topological polar surface area (TPSA) is 32.3 Å². The van der Waals surface area contributed by atoms with Crippen LogP contribution in [0.3, 0.4) is 0 Å². The molecule has 0 aromatic rings. The fourth-order valence-corrected chi connectivity index (χ4v) is 1.98. The van der Waals surface area contributed by atoms with Crippen molar-refractivity contribution in [1.29, 1.82) is 0 Å². The molecule has 1 aliphatic heterocycles. The lowest BCUT2D eigenvalue weighted by atomic mass is 10.1. The van der Waals surface area contributed by atoms with E-state index in [1.807, 2.05) is 0 Å². The maximum Gasteiger partial charge on any atom is 0.237 e. The first kappa shape index (κ1) is 10.5. The van der Waals surface area contributed by atoms with Crippen LogP contribution in [0.25, 0.3) is 0 Å². The summed E-state index contributed by atoms with van der Waals surface area (Å²) in [4.78, 5) is 13.7. The molecule has 3 nitrogen and oxygen atoms in total. The second-order valence-corrected chi connectivity index (χ2v) is 4.16. The number of likely N-dealkylation sites (tertiary alicyclic amines) is 1. The minimum Gasteiger partial charge on any atom is -0.358 e. The first-order valence-electron chi connectivity index (χ1n) is 5.10. The summed E-state index contributed by atoms with van der Waals surface area (Å²) >= 11 is 0. The number of carbonyl (C=O) groups excluding carboxylic acids is 1. The molecule has 1 fully saturated rings. The molecule has 0 unspecified atom stereocenters. The van der Waals surface area contributed by atoms with Crippen LogP contribution in [0.2, 0.25) is 0 Å². The van der Waals surface area contributed by atoms with Crippen molar-refractivity contribution in [2.75, 3.05) is 20.1 Å². The lowest BCUT2D eigenvalue weighted by Crippen LogP contribution is -2.43. The largest absolute Gasteiger partial charge is 0.358 e. The van der Waals surface area contributed by atoms with E-state index < -0.39 is 0 Å². The van der Waals surface area contributed by atoms with E-state index in [0.29, 0.717) is 5.92 Å². The van der Waals surface area contributed by atoms with E-state index in [0.717, 1.165) is 25.9 Å². The minimum absolute atomic E-state index is 0.132. The summed E-state index contributed by atoms with van der Waals surface area (Å²) in [5.74, 6) is 0.823. The molecular formula is C10H20N2O. The highest BCUT2D eigenvalue weighted by Gasteiger charge is 2.29. The van der Waals surface area contributed by atoms with Crippen molar-refractivity contribution >= 4 is 5.91 Å². The lowest BCUT2D eigenvalue weighted by Gasteiger charge is -2.24. The SMILES string of the molecule is CNC(=O)[C@@H]1CCCN1CC(C)C. The van der Waals surface area contributed by atoms with Crippen LogP contribution in [0.5, 0.6) is 0 Å². The quantitative estimate of drug-likeness (QED) is 0.705. The van der Waals surface area contributed by atoms with Crippen LogP contribution in [-0.2, 0) is 4.79 Å². The smallest absolute Gasteiger partial charge is 0.237 e. The summed E-state index contributed by atoms with van der Waals surface area (Å²) in [5, 5.41) is 2.73. The Kier molecular flexibility index (Phi) is 3.72. The average Bonchev–Trinajstić information content (AvgIpc) is 2.50. The number of carbonyl (C=O) groups is 1. The summed E-state index contributed by atoms with van der Waals surface area (Å²) in [6, 6.07) is 0.132. The van der Waals surface area contributed by atoms with Crippen molar-refractivity contribution in [3.8, 4) is 0 Å². The predicted molar refractivity (Wildman–Crippen MR) is 53.5 cm³/mol. The van der Waals surface area contributed by atoms with Gasteiger partial charge in [-0.1, -0.05) is 13.8 Å². The van der Waals surface area contributed by atoms with Crippen LogP contribution in [0.15, 0.2) is 0 Å². The van der Waals surface area contributed by atoms with Gasteiger partial charge in [0.2, 0.25) is 5.91 Å². The van der Waals surface area contributed by atoms with Crippen LogP contribution in [0, 0.1) is 5.92 Å². The van der Waals surface area contributed by atoms with Gasteiger partial charge in [-0.15, -0.1) is 0 Å². The van der Waals surface area contributed by atoms with Crippen LogP contribution in [0.4, 0.5) is 0 Å². The molecule has 1 amide bonds. The summed E-state index contributed by atoms with van der Waals surface area (Å²) in [5.41, 5.74) is 0. The third-order valence-electron chi connectivity index (χ3n) is 2.51. The molecule has 1 atom stereocenters. The molecule has 13 heavy (non-hydrogen) atoms. The van der Waals surface area contributed by atoms with E-state index in [4.69, 9.17) is 0 Å². The van der Waals surface area contributed by atoms with Gasteiger partial charge in [-0.05, 0) is 25.3 Å². The van der Waals surface area contributed by atoms with Crippen molar-refractivity contribution in [2.24, 2.45) is 5.92 Å². The van der Waals surface area contributed by atoms with Crippen molar-refractivity contribution in [3.63, 3.8) is 0 Å². The number of hydrogen-bond donors (Lipinski definition) is 1. The number of nitrogens with one attached hydrogen (secondary N) is 1. The van der Waals surface area contributed by atoms with Crippen LogP contribution in [0.1, 0.15) is 26.7 Å². The molecule has 0 bridgehead atoms. The summed E-state index contributed by atoms with van der Waals surface area (Å²) in [7, 11) is 1.72. The van der Waals surface area contributed by atoms with Gasteiger partial charge in [-0.3, -0.25) is 9.69 Å².